The van der Waals surface area contributed by atoms with Crippen LogP contribution in [0, 0.1) is 0 Å². The normalized spacial score (nSPS) is 14.5. The SMILES string of the molecule is [2H]C(Nc1ccc(OC)cc1)(c1ccccc1)P(=O)(OCC)OCC. The van der Waals surface area contributed by atoms with Gasteiger partial charge < -0.3 is 19.1 Å². The molecule has 1 unspecified atom stereocenters. The summed E-state index contributed by atoms with van der Waals surface area (Å²) in [5, 5.41) is 3.03. The van der Waals surface area contributed by atoms with E-state index in [0.29, 0.717) is 17.0 Å². The van der Waals surface area contributed by atoms with E-state index in [1.807, 2.05) is 6.07 Å². The molecule has 24 heavy (non-hydrogen) atoms. The Hall–Kier alpha value is -1.81. The summed E-state index contributed by atoms with van der Waals surface area (Å²) in [5.74, 6) is -1.09. The molecule has 0 aliphatic carbocycles. The lowest BCUT2D eigenvalue weighted by molar-refractivity contribution is 0.214. The molecule has 2 aromatic rings. The van der Waals surface area contributed by atoms with Crippen molar-refractivity contribution >= 4 is 13.3 Å². The van der Waals surface area contributed by atoms with Crippen LogP contribution in [0.2, 0.25) is 0 Å². The van der Waals surface area contributed by atoms with Crippen LogP contribution in [0.3, 0.4) is 0 Å². The van der Waals surface area contributed by atoms with E-state index in [-0.39, 0.29) is 13.2 Å². The number of benzene rings is 2. The van der Waals surface area contributed by atoms with Gasteiger partial charge in [0.2, 0.25) is 0 Å². The summed E-state index contributed by atoms with van der Waals surface area (Å²) < 4.78 is 38.5. The average Bonchev–Trinajstić information content (AvgIpc) is 2.63. The van der Waals surface area contributed by atoms with Crippen molar-refractivity contribution in [3.8, 4) is 5.75 Å². The summed E-state index contributed by atoms with van der Waals surface area (Å²) in [6.45, 7) is 3.80. The van der Waals surface area contributed by atoms with E-state index in [2.05, 4.69) is 5.32 Å². The first kappa shape index (κ1) is 17.0. The molecule has 0 amide bonds. The van der Waals surface area contributed by atoms with E-state index in [1.165, 1.54) is 0 Å². The fourth-order valence-corrected chi connectivity index (χ4v) is 3.96. The molecular formula is C18H24NO4P. The molecule has 0 radical (unpaired) electrons. The standard InChI is InChI=1S/C18H24NO4P/c1-4-22-24(20,23-5-2)18(15-9-7-6-8-10-15)19-16-11-13-17(21-3)14-12-16/h6-14,18-19H,4-5H2,1-3H3/i18D. The van der Waals surface area contributed by atoms with Crippen molar-refractivity contribution in [2.75, 3.05) is 25.6 Å². The van der Waals surface area contributed by atoms with Crippen molar-refractivity contribution in [3.63, 3.8) is 0 Å². The Kier molecular flexibility index (Phi) is 6.30. The third-order valence-corrected chi connectivity index (χ3v) is 5.39. The van der Waals surface area contributed by atoms with Gasteiger partial charge in [-0.3, -0.25) is 4.57 Å². The molecule has 1 N–H and O–H groups in total. The van der Waals surface area contributed by atoms with Crippen molar-refractivity contribution in [1.29, 1.82) is 0 Å². The van der Waals surface area contributed by atoms with Gasteiger partial charge in [-0.25, -0.2) is 0 Å². The van der Waals surface area contributed by atoms with Crippen LogP contribution in [0.25, 0.3) is 0 Å². The Balaban J connectivity index is 2.49. The van der Waals surface area contributed by atoms with Crippen LogP contribution >= 0.6 is 7.60 Å². The highest BCUT2D eigenvalue weighted by Gasteiger charge is 2.36. The molecule has 2 rings (SSSR count). The molecule has 130 valence electrons. The average molecular weight is 350 g/mol. The van der Waals surface area contributed by atoms with Crippen LogP contribution in [-0.2, 0) is 13.6 Å². The van der Waals surface area contributed by atoms with E-state index < -0.39 is 13.4 Å². The lowest BCUT2D eigenvalue weighted by atomic mass is 10.2. The van der Waals surface area contributed by atoms with Gasteiger partial charge in [-0.05, 0) is 43.7 Å². The fraction of sp³-hybridized carbons (Fsp3) is 0.333. The summed E-state index contributed by atoms with van der Waals surface area (Å²) in [5.41, 5.74) is 1.11. The van der Waals surface area contributed by atoms with Gasteiger partial charge in [0.25, 0.3) is 0 Å². The Morgan fingerprint density at radius 1 is 1.04 bits per heavy atom. The van der Waals surface area contributed by atoms with Gasteiger partial charge in [-0.1, -0.05) is 30.3 Å². The van der Waals surface area contributed by atoms with E-state index in [1.54, 1.807) is 69.5 Å². The maximum Gasteiger partial charge on any atom is 0.357 e. The molecule has 0 bridgehead atoms. The van der Waals surface area contributed by atoms with Gasteiger partial charge in [-0.2, -0.15) is 0 Å². The van der Waals surface area contributed by atoms with Gasteiger partial charge in [0.1, 0.15) is 5.75 Å². The molecular weight excluding hydrogens is 325 g/mol. The first-order valence-electron chi connectivity index (χ1n) is 8.36. The fourth-order valence-electron chi connectivity index (χ4n) is 2.21. The minimum atomic E-state index is -3.82. The Labute approximate surface area is 144 Å². The highest BCUT2D eigenvalue weighted by Crippen LogP contribution is 2.60. The van der Waals surface area contributed by atoms with Crippen molar-refractivity contribution in [3.05, 3.63) is 60.2 Å². The monoisotopic (exact) mass is 350 g/mol. The molecule has 1 atom stereocenters. The van der Waals surface area contributed by atoms with E-state index in [4.69, 9.17) is 15.2 Å². The van der Waals surface area contributed by atoms with Gasteiger partial charge >= 0.3 is 7.60 Å². The quantitative estimate of drug-likeness (QED) is 0.640. The van der Waals surface area contributed by atoms with Gasteiger partial charge in [-0.15, -0.1) is 0 Å². The molecule has 0 saturated heterocycles. The molecule has 0 aliphatic heterocycles. The van der Waals surface area contributed by atoms with Crippen LogP contribution in [0.15, 0.2) is 54.6 Å². The molecule has 0 aromatic heterocycles. The van der Waals surface area contributed by atoms with Crippen LogP contribution < -0.4 is 10.1 Å². The van der Waals surface area contributed by atoms with Crippen LogP contribution in [0.5, 0.6) is 5.75 Å². The van der Waals surface area contributed by atoms with E-state index in [0.717, 1.165) is 0 Å². The van der Waals surface area contributed by atoms with Crippen molar-refractivity contribution in [1.82, 2.24) is 0 Å². The highest BCUT2D eigenvalue weighted by molar-refractivity contribution is 7.54. The lowest BCUT2D eigenvalue weighted by Gasteiger charge is -2.28. The maximum absolute atomic E-state index is 13.4. The zero-order chi connectivity index (χ0) is 18.3. The topological polar surface area (TPSA) is 56.8 Å². The smallest absolute Gasteiger partial charge is 0.357 e. The van der Waals surface area contributed by atoms with E-state index in [9.17, 15) is 4.57 Å². The predicted octanol–water partition coefficient (Wildman–Crippen LogP) is 5.07. The third kappa shape index (κ3) is 4.60. The molecule has 0 saturated carbocycles. The maximum atomic E-state index is 13.4. The molecule has 0 spiro atoms. The number of hydrogen-bond acceptors (Lipinski definition) is 5. The lowest BCUT2D eigenvalue weighted by Crippen LogP contribution is -2.15. The van der Waals surface area contributed by atoms with Crippen molar-refractivity contribution < 1.29 is 19.7 Å². The second-order valence-electron chi connectivity index (χ2n) is 4.90. The van der Waals surface area contributed by atoms with Crippen molar-refractivity contribution in [2.45, 2.75) is 19.6 Å². The third-order valence-electron chi connectivity index (χ3n) is 3.27. The van der Waals surface area contributed by atoms with E-state index >= 15 is 0 Å². The molecule has 2 aromatic carbocycles. The van der Waals surface area contributed by atoms with Crippen LogP contribution in [-0.4, -0.2) is 20.3 Å². The number of hydrogen-bond donors (Lipinski definition) is 1. The van der Waals surface area contributed by atoms with Gasteiger partial charge in [0, 0.05) is 5.69 Å². The van der Waals surface area contributed by atoms with Crippen LogP contribution in [0.1, 0.15) is 26.5 Å². The zero-order valence-corrected chi connectivity index (χ0v) is 15.1. The summed E-state index contributed by atoms with van der Waals surface area (Å²) in [7, 11) is -2.24. The first-order chi connectivity index (χ1) is 12.0. The second-order valence-corrected chi connectivity index (χ2v) is 6.86. The van der Waals surface area contributed by atoms with Crippen molar-refractivity contribution in [2.24, 2.45) is 0 Å². The molecule has 5 nitrogen and oxygen atoms in total. The predicted molar refractivity (Wildman–Crippen MR) is 96.7 cm³/mol. The number of nitrogens with one attached hydrogen (secondary N) is 1. The molecule has 0 heterocycles. The number of rotatable bonds is 9. The minimum absolute atomic E-state index is 0.176. The Morgan fingerprint density at radius 2 is 1.62 bits per heavy atom. The summed E-state index contributed by atoms with van der Waals surface area (Å²) in [4.78, 5) is 0. The summed E-state index contributed by atoms with van der Waals surface area (Å²) >= 11 is 0. The number of methoxy groups -OCH3 is 1. The minimum Gasteiger partial charge on any atom is -0.497 e. The molecule has 6 heteroatoms. The summed E-state index contributed by atoms with van der Waals surface area (Å²) in [6.07, 6.45) is 0. The largest absolute Gasteiger partial charge is 0.497 e. The Morgan fingerprint density at radius 3 is 2.12 bits per heavy atom. The van der Waals surface area contributed by atoms with Gasteiger partial charge in [0.05, 0.1) is 21.7 Å². The molecule has 0 aliphatic rings. The number of anilines is 1. The van der Waals surface area contributed by atoms with Gasteiger partial charge in [0.15, 0.2) is 5.76 Å². The second kappa shape index (κ2) is 8.88. The zero-order valence-electron chi connectivity index (χ0n) is 15.2. The summed E-state index contributed by atoms with van der Waals surface area (Å²) in [6, 6.07) is 15.9. The molecule has 0 fully saturated rings. The Bertz CT molecular complexity index is 701. The van der Waals surface area contributed by atoms with Crippen LogP contribution in [0.4, 0.5) is 5.69 Å². The number of ether oxygens (including phenoxy) is 1. The highest BCUT2D eigenvalue weighted by atomic mass is 31.2. The first-order valence-corrected chi connectivity index (χ1v) is 9.40.